The van der Waals surface area contributed by atoms with Gasteiger partial charge >= 0.3 is 5.97 Å². The maximum atomic E-state index is 13.9. The van der Waals surface area contributed by atoms with Crippen molar-refractivity contribution in [2.45, 2.75) is 27.2 Å². The Morgan fingerprint density at radius 1 is 1.45 bits per heavy atom. The Morgan fingerprint density at radius 3 is 2.75 bits per heavy atom. The maximum Gasteiger partial charge on any atom is 0.347 e. The van der Waals surface area contributed by atoms with Crippen molar-refractivity contribution >= 4 is 17.3 Å². The predicted octanol–water partition coefficient (Wildman–Crippen LogP) is 4.15. The van der Waals surface area contributed by atoms with Crippen LogP contribution in [0.5, 0.6) is 0 Å². The molecule has 0 aliphatic rings. The number of aromatic carboxylic acids is 1. The van der Waals surface area contributed by atoms with E-state index in [-0.39, 0.29) is 10.7 Å². The average molecular weight is 293 g/mol. The fourth-order valence-electron chi connectivity index (χ4n) is 1.96. The van der Waals surface area contributed by atoms with Gasteiger partial charge in [-0.2, -0.15) is 0 Å². The van der Waals surface area contributed by atoms with Crippen molar-refractivity contribution in [3.05, 3.63) is 40.2 Å². The monoisotopic (exact) mass is 293 g/mol. The molecule has 3 nitrogen and oxygen atoms in total. The highest BCUT2D eigenvalue weighted by atomic mass is 32.1. The molecule has 0 saturated carbocycles. The summed E-state index contributed by atoms with van der Waals surface area (Å²) >= 11 is 1.03. The normalized spacial score (nSPS) is 11.1. The summed E-state index contributed by atoms with van der Waals surface area (Å²) in [5.74, 6) is -1.08. The summed E-state index contributed by atoms with van der Waals surface area (Å²) in [5.41, 5.74) is 1.82. The number of carbonyl (C=O) groups is 1. The second-order valence-corrected chi connectivity index (χ2v) is 6.18. The van der Waals surface area contributed by atoms with E-state index in [4.69, 9.17) is 0 Å². The van der Waals surface area contributed by atoms with Crippen LogP contribution in [-0.4, -0.2) is 16.1 Å². The van der Waals surface area contributed by atoms with Crippen molar-refractivity contribution < 1.29 is 14.3 Å². The van der Waals surface area contributed by atoms with Gasteiger partial charge < -0.3 is 5.11 Å². The molecule has 0 spiro atoms. The maximum absolute atomic E-state index is 13.9. The zero-order valence-electron chi connectivity index (χ0n) is 11.6. The number of halogens is 1. The molecule has 0 saturated heterocycles. The molecule has 1 heterocycles. The van der Waals surface area contributed by atoms with Crippen LogP contribution >= 0.6 is 11.3 Å². The van der Waals surface area contributed by atoms with Crippen molar-refractivity contribution in [2.75, 3.05) is 0 Å². The number of hydrogen-bond donors (Lipinski definition) is 1. The van der Waals surface area contributed by atoms with Crippen LogP contribution in [0.3, 0.4) is 0 Å². The number of thiazole rings is 1. The summed E-state index contributed by atoms with van der Waals surface area (Å²) in [7, 11) is 0. The van der Waals surface area contributed by atoms with Crippen molar-refractivity contribution in [3.8, 4) is 10.6 Å². The molecule has 0 fully saturated rings. The van der Waals surface area contributed by atoms with E-state index < -0.39 is 5.97 Å². The summed E-state index contributed by atoms with van der Waals surface area (Å²) < 4.78 is 13.9. The highest BCUT2D eigenvalue weighted by Gasteiger charge is 2.20. The number of hydrogen-bond acceptors (Lipinski definition) is 3. The quantitative estimate of drug-likeness (QED) is 0.921. The third-order valence-corrected chi connectivity index (χ3v) is 3.96. The highest BCUT2D eigenvalue weighted by Crippen LogP contribution is 2.31. The lowest BCUT2D eigenvalue weighted by molar-refractivity contribution is 0.0700. The van der Waals surface area contributed by atoms with Gasteiger partial charge in [-0.1, -0.05) is 25.5 Å². The SMILES string of the molecule is Cc1ccc(F)c(-c2nc(CC(C)C)c(C(=O)O)s2)c1. The lowest BCUT2D eigenvalue weighted by Crippen LogP contribution is -2.02. The standard InChI is InChI=1S/C15H16FNO2S/c1-8(2)6-12-13(15(18)19)20-14(17-12)10-7-9(3)4-5-11(10)16/h4-5,7-8H,6H2,1-3H3,(H,18,19). The van der Waals surface area contributed by atoms with E-state index in [2.05, 4.69) is 4.98 Å². The van der Waals surface area contributed by atoms with Crippen LogP contribution in [-0.2, 0) is 6.42 Å². The minimum absolute atomic E-state index is 0.203. The molecule has 0 amide bonds. The van der Waals surface area contributed by atoms with Gasteiger partial charge in [0.1, 0.15) is 15.7 Å². The van der Waals surface area contributed by atoms with E-state index >= 15 is 0 Å². The van der Waals surface area contributed by atoms with Crippen LogP contribution in [0.1, 0.15) is 34.8 Å². The van der Waals surface area contributed by atoms with Gasteiger partial charge in [0.15, 0.2) is 0 Å². The molecule has 0 unspecified atom stereocenters. The van der Waals surface area contributed by atoms with Crippen molar-refractivity contribution in [1.82, 2.24) is 4.98 Å². The minimum Gasteiger partial charge on any atom is -0.477 e. The average Bonchev–Trinajstić information content (AvgIpc) is 2.75. The molecule has 2 aromatic rings. The summed E-state index contributed by atoms with van der Waals surface area (Å²) in [6.45, 7) is 5.86. The van der Waals surface area contributed by atoms with Gasteiger partial charge in [0, 0.05) is 5.56 Å². The number of carboxylic acid groups (broad SMARTS) is 1. The second kappa shape index (κ2) is 5.71. The molecule has 0 aliphatic carbocycles. The molecule has 0 aliphatic heterocycles. The molecule has 0 radical (unpaired) electrons. The van der Waals surface area contributed by atoms with Gasteiger partial charge in [0.25, 0.3) is 0 Å². The van der Waals surface area contributed by atoms with Crippen molar-refractivity contribution in [1.29, 1.82) is 0 Å². The molecule has 0 atom stereocenters. The van der Waals surface area contributed by atoms with E-state index in [9.17, 15) is 14.3 Å². The number of aromatic nitrogens is 1. The molecule has 5 heteroatoms. The Hall–Kier alpha value is -1.75. The fourth-order valence-corrected chi connectivity index (χ4v) is 2.91. The first-order valence-corrected chi connectivity index (χ1v) is 7.19. The molecule has 1 aromatic carbocycles. The summed E-state index contributed by atoms with van der Waals surface area (Å²) in [6.07, 6.45) is 0.575. The molecular formula is C15H16FNO2S. The predicted molar refractivity (Wildman–Crippen MR) is 77.7 cm³/mol. The summed E-state index contributed by atoms with van der Waals surface area (Å²) in [4.78, 5) is 15.8. The van der Waals surface area contributed by atoms with Crippen LogP contribution in [0.15, 0.2) is 18.2 Å². The fraction of sp³-hybridized carbons (Fsp3) is 0.333. The number of carboxylic acids is 1. The van der Waals surface area contributed by atoms with E-state index in [1.807, 2.05) is 20.8 Å². The molecular weight excluding hydrogens is 277 g/mol. The first-order chi connectivity index (χ1) is 9.38. The number of rotatable bonds is 4. The molecule has 0 bridgehead atoms. The van der Waals surface area contributed by atoms with E-state index in [0.29, 0.717) is 28.6 Å². The lowest BCUT2D eigenvalue weighted by atomic mass is 10.1. The van der Waals surface area contributed by atoms with Gasteiger partial charge in [-0.05, 0) is 31.4 Å². The third kappa shape index (κ3) is 3.04. The van der Waals surface area contributed by atoms with E-state index in [0.717, 1.165) is 16.9 Å². The lowest BCUT2D eigenvalue weighted by Gasteiger charge is -2.02. The number of aryl methyl sites for hydroxylation is 1. The Labute approximate surface area is 121 Å². The third-order valence-electron chi connectivity index (χ3n) is 2.85. The summed E-state index contributed by atoms with van der Waals surface area (Å²) in [6, 6.07) is 4.76. The van der Waals surface area contributed by atoms with Gasteiger partial charge in [0.05, 0.1) is 5.69 Å². The van der Waals surface area contributed by atoms with Crippen LogP contribution < -0.4 is 0 Å². The van der Waals surface area contributed by atoms with Gasteiger partial charge in [-0.3, -0.25) is 0 Å². The first-order valence-electron chi connectivity index (χ1n) is 6.38. The van der Waals surface area contributed by atoms with Crippen LogP contribution in [0.25, 0.3) is 10.6 Å². The molecule has 20 heavy (non-hydrogen) atoms. The molecule has 1 aromatic heterocycles. The minimum atomic E-state index is -1.00. The molecule has 2 rings (SSSR count). The molecule has 1 N–H and O–H groups in total. The van der Waals surface area contributed by atoms with Gasteiger partial charge in [0.2, 0.25) is 0 Å². The smallest absolute Gasteiger partial charge is 0.347 e. The van der Waals surface area contributed by atoms with Gasteiger partial charge in [-0.25, -0.2) is 14.2 Å². The highest BCUT2D eigenvalue weighted by molar-refractivity contribution is 7.17. The van der Waals surface area contributed by atoms with Crippen molar-refractivity contribution in [3.63, 3.8) is 0 Å². The van der Waals surface area contributed by atoms with Crippen LogP contribution in [0, 0.1) is 18.7 Å². The van der Waals surface area contributed by atoms with Gasteiger partial charge in [-0.15, -0.1) is 11.3 Å². The first kappa shape index (κ1) is 14.7. The zero-order chi connectivity index (χ0) is 14.9. The van der Waals surface area contributed by atoms with Crippen LogP contribution in [0.2, 0.25) is 0 Å². The number of benzene rings is 1. The second-order valence-electron chi connectivity index (χ2n) is 5.18. The molecule has 106 valence electrons. The Balaban J connectivity index is 2.52. The van der Waals surface area contributed by atoms with E-state index in [1.54, 1.807) is 12.1 Å². The van der Waals surface area contributed by atoms with E-state index in [1.165, 1.54) is 6.07 Å². The largest absolute Gasteiger partial charge is 0.477 e. The number of nitrogens with zero attached hydrogens (tertiary/aromatic N) is 1. The van der Waals surface area contributed by atoms with Crippen LogP contribution in [0.4, 0.5) is 4.39 Å². The topological polar surface area (TPSA) is 50.2 Å². The Kier molecular flexibility index (Phi) is 4.18. The Bertz CT molecular complexity index is 649. The van der Waals surface area contributed by atoms with Crippen molar-refractivity contribution in [2.24, 2.45) is 5.92 Å². The zero-order valence-corrected chi connectivity index (χ0v) is 12.4. The summed E-state index contributed by atoms with van der Waals surface area (Å²) in [5, 5.41) is 9.67. The Morgan fingerprint density at radius 2 is 2.15 bits per heavy atom.